The summed E-state index contributed by atoms with van der Waals surface area (Å²) in [6.45, 7) is 0. The third kappa shape index (κ3) is 5.02. The normalized spacial score (nSPS) is 12.2. The van der Waals surface area contributed by atoms with E-state index in [9.17, 15) is 0 Å². The molecule has 2 aromatic heterocycles. The Morgan fingerprint density at radius 3 is 1.36 bits per heavy atom. The van der Waals surface area contributed by atoms with E-state index in [1.54, 1.807) is 0 Å². The van der Waals surface area contributed by atoms with Crippen molar-refractivity contribution in [2.45, 2.75) is 0 Å². The van der Waals surface area contributed by atoms with Crippen LogP contribution in [0.5, 0.6) is 11.5 Å². The van der Waals surface area contributed by atoms with E-state index < -0.39 is 0 Å². The van der Waals surface area contributed by atoms with Crippen molar-refractivity contribution < 1.29 is 4.74 Å². The number of anilines is 3. The summed E-state index contributed by atoms with van der Waals surface area (Å²) in [5.74, 6) is 1.68. The predicted molar refractivity (Wildman–Crippen MR) is 241 cm³/mol. The third-order valence-corrected chi connectivity index (χ3v) is 11.7. The fourth-order valence-corrected chi connectivity index (χ4v) is 9.03. The summed E-state index contributed by atoms with van der Waals surface area (Å²) in [6, 6.07) is 76.1. The lowest BCUT2D eigenvalue weighted by Gasteiger charge is -2.33. The van der Waals surface area contributed by atoms with E-state index in [4.69, 9.17) is 4.74 Å². The van der Waals surface area contributed by atoms with Crippen LogP contribution in [0.4, 0.5) is 17.1 Å². The van der Waals surface area contributed by atoms with Crippen molar-refractivity contribution >= 4 is 60.7 Å². The lowest BCUT2D eigenvalue weighted by atomic mass is 10.0. The van der Waals surface area contributed by atoms with Gasteiger partial charge in [0, 0.05) is 38.6 Å². The van der Waals surface area contributed by atoms with E-state index >= 15 is 0 Å². The molecular weight excluding hydrogens is 707 g/mol. The number of nitrogens with zero attached hydrogens (tertiary/aromatic N) is 3. The minimum absolute atomic E-state index is 0.837. The second-order valence-corrected chi connectivity index (χ2v) is 15.0. The standard InChI is InChI=1S/C54H35N3O/c1-3-13-40(14-4-1)55-47-19-9-7-17-43(47)45-33-37(25-30-49(45)55)38-26-31-50-46(34-38)44-18-8-10-20-48(44)56(50)42-28-23-36(24-29-42)39-27-32-52-54(35-39)58-53-22-12-11-21-51(53)57(52)41-15-5-2-6-16-41/h1-35H. The molecule has 12 rings (SSSR count). The van der Waals surface area contributed by atoms with Gasteiger partial charge in [0.1, 0.15) is 0 Å². The molecule has 0 fully saturated rings. The average Bonchev–Trinajstić information content (AvgIpc) is 3.81. The minimum atomic E-state index is 0.837. The Morgan fingerprint density at radius 1 is 0.276 bits per heavy atom. The maximum absolute atomic E-state index is 6.52. The van der Waals surface area contributed by atoms with Gasteiger partial charge >= 0.3 is 0 Å². The highest BCUT2D eigenvalue weighted by Gasteiger charge is 2.26. The molecule has 0 aliphatic carbocycles. The van der Waals surface area contributed by atoms with Gasteiger partial charge in [0.25, 0.3) is 0 Å². The summed E-state index contributed by atoms with van der Waals surface area (Å²) < 4.78 is 11.3. The molecule has 0 atom stereocenters. The fourth-order valence-electron chi connectivity index (χ4n) is 9.03. The van der Waals surface area contributed by atoms with Crippen LogP contribution in [0, 0.1) is 0 Å². The van der Waals surface area contributed by atoms with Gasteiger partial charge in [-0.25, -0.2) is 0 Å². The van der Waals surface area contributed by atoms with Crippen molar-refractivity contribution in [2.24, 2.45) is 0 Å². The zero-order chi connectivity index (χ0) is 38.2. The molecule has 58 heavy (non-hydrogen) atoms. The molecule has 0 bridgehead atoms. The second-order valence-electron chi connectivity index (χ2n) is 15.0. The molecule has 0 unspecified atom stereocenters. The van der Waals surface area contributed by atoms with Crippen LogP contribution in [0.25, 0.3) is 77.2 Å². The van der Waals surface area contributed by atoms with Crippen molar-refractivity contribution in [3.63, 3.8) is 0 Å². The Balaban J connectivity index is 0.922. The van der Waals surface area contributed by atoms with Gasteiger partial charge in [0.15, 0.2) is 11.5 Å². The van der Waals surface area contributed by atoms with Gasteiger partial charge in [0.2, 0.25) is 0 Å². The Labute approximate surface area is 335 Å². The molecule has 1 aliphatic rings. The van der Waals surface area contributed by atoms with Gasteiger partial charge in [-0.3, -0.25) is 0 Å². The summed E-state index contributed by atoms with van der Waals surface area (Å²) in [5, 5.41) is 4.98. The Morgan fingerprint density at radius 2 is 0.724 bits per heavy atom. The van der Waals surface area contributed by atoms with Gasteiger partial charge in [-0.15, -0.1) is 0 Å². The highest BCUT2D eigenvalue weighted by molar-refractivity contribution is 6.12. The molecule has 1 aliphatic heterocycles. The quantitative estimate of drug-likeness (QED) is 0.175. The number of para-hydroxylation sites is 6. The molecule has 4 nitrogen and oxygen atoms in total. The zero-order valence-electron chi connectivity index (χ0n) is 31.5. The van der Waals surface area contributed by atoms with Crippen LogP contribution in [0.3, 0.4) is 0 Å². The van der Waals surface area contributed by atoms with Crippen molar-refractivity contribution in [1.82, 2.24) is 9.13 Å². The van der Waals surface area contributed by atoms with E-state index in [1.165, 1.54) is 60.4 Å². The highest BCUT2D eigenvalue weighted by Crippen LogP contribution is 2.51. The SMILES string of the molecule is c1ccc(N2c3ccccc3Oc3cc(-c4ccc(-n5c6ccccc6c6cc(-c7ccc8c(c7)c7ccccc7n8-c7ccccc7)ccc65)cc4)ccc32)cc1. The zero-order valence-corrected chi connectivity index (χ0v) is 31.5. The molecule has 272 valence electrons. The molecule has 11 aromatic rings. The van der Waals surface area contributed by atoms with Gasteiger partial charge in [-0.05, 0) is 119 Å². The summed E-state index contributed by atoms with van der Waals surface area (Å²) in [5.41, 5.74) is 14.9. The molecule has 0 radical (unpaired) electrons. The lowest BCUT2D eigenvalue weighted by Crippen LogP contribution is -2.15. The van der Waals surface area contributed by atoms with Gasteiger partial charge < -0.3 is 18.8 Å². The predicted octanol–water partition coefficient (Wildman–Crippen LogP) is 14.8. The first-order valence-electron chi connectivity index (χ1n) is 19.8. The molecule has 0 amide bonds. The summed E-state index contributed by atoms with van der Waals surface area (Å²) in [7, 11) is 0. The number of fused-ring (bicyclic) bond motifs is 8. The van der Waals surface area contributed by atoms with Crippen molar-refractivity contribution in [2.75, 3.05) is 4.90 Å². The maximum Gasteiger partial charge on any atom is 0.152 e. The topological polar surface area (TPSA) is 22.3 Å². The monoisotopic (exact) mass is 741 g/mol. The average molecular weight is 742 g/mol. The van der Waals surface area contributed by atoms with Gasteiger partial charge in [0.05, 0.1) is 33.4 Å². The second kappa shape index (κ2) is 12.9. The van der Waals surface area contributed by atoms with E-state index in [-0.39, 0.29) is 0 Å². The molecule has 0 spiro atoms. The van der Waals surface area contributed by atoms with E-state index in [1.807, 2.05) is 18.2 Å². The first-order chi connectivity index (χ1) is 28.8. The molecule has 3 heterocycles. The smallest absolute Gasteiger partial charge is 0.152 e. The third-order valence-electron chi connectivity index (χ3n) is 11.7. The van der Waals surface area contributed by atoms with E-state index in [0.717, 1.165) is 45.4 Å². The maximum atomic E-state index is 6.52. The van der Waals surface area contributed by atoms with E-state index in [2.05, 4.69) is 208 Å². The molecule has 0 saturated heterocycles. The molecular formula is C54H35N3O. The van der Waals surface area contributed by atoms with Crippen LogP contribution in [0.1, 0.15) is 0 Å². The van der Waals surface area contributed by atoms with Crippen LogP contribution in [-0.2, 0) is 0 Å². The Kier molecular flexibility index (Phi) is 7.20. The van der Waals surface area contributed by atoms with Crippen molar-refractivity contribution in [3.8, 4) is 45.1 Å². The largest absolute Gasteiger partial charge is 0.453 e. The van der Waals surface area contributed by atoms with Gasteiger partial charge in [-0.2, -0.15) is 0 Å². The van der Waals surface area contributed by atoms with Crippen LogP contribution in [-0.4, -0.2) is 9.13 Å². The molecule has 4 heteroatoms. The minimum Gasteiger partial charge on any atom is -0.453 e. The van der Waals surface area contributed by atoms with Crippen LogP contribution in [0.15, 0.2) is 212 Å². The lowest BCUT2D eigenvalue weighted by molar-refractivity contribution is 0.477. The van der Waals surface area contributed by atoms with Crippen LogP contribution in [0.2, 0.25) is 0 Å². The fraction of sp³-hybridized carbons (Fsp3) is 0. The number of hydrogen-bond donors (Lipinski definition) is 0. The summed E-state index contributed by atoms with van der Waals surface area (Å²) >= 11 is 0. The summed E-state index contributed by atoms with van der Waals surface area (Å²) in [4.78, 5) is 2.28. The van der Waals surface area contributed by atoms with Crippen LogP contribution >= 0.6 is 0 Å². The number of benzene rings is 9. The van der Waals surface area contributed by atoms with Gasteiger partial charge in [-0.1, -0.05) is 115 Å². The number of rotatable bonds is 5. The van der Waals surface area contributed by atoms with Crippen LogP contribution < -0.4 is 9.64 Å². The highest BCUT2D eigenvalue weighted by atomic mass is 16.5. The van der Waals surface area contributed by atoms with Crippen molar-refractivity contribution in [1.29, 1.82) is 0 Å². The number of hydrogen-bond acceptors (Lipinski definition) is 2. The summed E-state index contributed by atoms with van der Waals surface area (Å²) in [6.07, 6.45) is 0. The first-order valence-corrected chi connectivity index (χ1v) is 19.8. The molecule has 0 N–H and O–H groups in total. The Hall–Kier alpha value is -7.82. The first kappa shape index (κ1) is 32.4. The molecule has 9 aromatic carbocycles. The van der Waals surface area contributed by atoms with E-state index in [0.29, 0.717) is 0 Å². The molecule has 0 saturated carbocycles. The number of ether oxygens (including phenoxy) is 1. The van der Waals surface area contributed by atoms with Crippen molar-refractivity contribution in [3.05, 3.63) is 212 Å². The number of aromatic nitrogens is 2. The Bertz CT molecular complexity index is 3360.